The molecule has 0 aromatic carbocycles. The second-order valence-electron chi connectivity index (χ2n) is 7.45. The number of rotatable bonds is 3. The monoisotopic (exact) mass is 339 g/mol. The third-order valence-corrected chi connectivity index (χ3v) is 7.17. The highest BCUT2D eigenvalue weighted by atomic mass is 32.1. The van der Waals surface area contributed by atoms with E-state index in [-0.39, 0.29) is 5.78 Å². The fourth-order valence-corrected chi connectivity index (χ4v) is 5.89. The summed E-state index contributed by atoms with van der Waals surface area (Å²) in [6.07, 6.45) is 9.14. The van der Waals surface area contributed by atoms with Gasteiger partial charge < -0.3 is 4.90 Å². The Morgan fingerprint density at radius 3 is 2.38 bits per heavy atom. The molecule has 0 N–H and O–H groups in total. The predicted molar refractivity (Wildman–Crippen MR) is 94.4 cm³/mol. The van der Waals surface area contributed by atoms with Gasteiger partial charge in [0.2, 0.25) is 5.78 Å². The van der Waals surface area contributed by atoms with E-state index in [2.05, 4.69) is 14.9 Å². The van der Waals surface area contributed by atoms with Gasteiger partial charge in [-0.05, 0) is 61.5 Å². The molecule has 24 heavy (non-hydrogen) atoms. The minimum absolute atomic E-state index is 0.00550. The maximum Gasteiger partial charge on any atom is 0.225 e. The van der Waals surface area contributed by atoms with Crippen LogP contribution in [-0.4, -0.2) is 28.8 Å². The number of thiazole rings is 1. The highest BCUT2D eigenvalue weighted by Crippen LogP contribution is 2.52. The molecule has 1 saturated heterocycles. The van der Waals surface area contributed by atoms with Crippen molar-refractivity contribution >= 4 is 22.9 Å². The highest BCUT2D eigenvalue weighted by Gasteiger charge is 2.48. The Labute approximate surface area is 145 Å². The Hall–Kier alpha value is -1.75. The summed E-state index contributed by atoms with van der Waals surface area (Å²) in [7, 11) is 0. The van der Waals surface area contributed by atoms with Crippen LogP contribution in [0.2, 0.25) is 0 Å². The summed E-state index contributed by atoms with van der Waals surface area (Å²) < 4.78 is 0. The van der Waals surface area contributed by atoms with Gasteiger partial charge in [0.05, 0.1) is 5.56 Å². The summed E-state index contributed by atoms with van der Waals surface area (Å²) in [4.78, 5) is 24.0. The fourth-order valence-electron chi connectivity index (χ4n) is 5.30. The van der Waals surface area contributed by atoms with E-state index in [1.807, 2.05) is 23.7 Å². The number of hydrogen-bond acceptors (Lipinski definition) is 5. The number of hydrogen-bond donors (Lipinski definition) is 0. The van der Waals surface area contributed by atoms with Crippen LogP contribution in [0.25, 0.3) is 0 Å². The Balaban J connectivity index is 1.47. The molecule has 4 aliphatic rings. The second kappa shape index (κ2) is 5.66. The largest absolute Gasteiger partial charge is 0.355 e. The average Bonchev–Trinajstić information content (AvgIpc) is 3.32. The quantitative estimate of drug-likeness (QED) is 0.801. The number of pyridine rings is 1. The summed E-state index contributed by atoms with van der Waals surface area (Å²) in [6.45, 7) is 2.14. The minimum Gasteiger partial charge on any atom is -0.355 e. The first kappa shape index (κ1) is 14.6. The summed E-state index contributed by atoms with van der Waals surface area (Å²) >= 11 is 1.40. The van der Waals surface area contributed by atoms with E-state index >= 15 is 0 Å². The maximum atomic E-state index is 12.8. The number of ketones is 1. The van der Waals surface area contributed by atoms with Crippen molar-refractivity contribution in [2.75, 3.05) is 18.0 Å². The first-order chi connectivity index (χ1) is 11.8. The standard InChI is InChI=1S/C19H21N3OS/c23-17(19-21-8-9-24-19)14-2-1-7-20-18(14)22-10-15-12-3-4-13(6-5-12)16(15)11-22/h1-2,7-9,12-13,15-16H,3-6,10-11H2/t12?,13?,15-,16+. The Morgan fingerprint density at radius 1 is 1.04 bits per heavy atom. The molecule has 4 fully saturated rings. The zero-order chi connectivity index (χ0) is 16.1. The van der Waals surface area contributed by atoms with E-state index in [1.54, 1.807) is 6.20 Å². The number of fused-ring (bicyclic) bond motifs is 2. The van der Waals surface area contributed by atoms with Gasteiger partial charge in [-0.3, -0.25) is 4.79 Å². The Morgan fingerprint density at radius 2 is 1.75 bits per heavy atom. The van der Waals surface area contributed by atoms with Gasteiger partial charge in [0, 0.05) is 30.9 Å². The van der Waals surface area contributed by atoms with E-state index in [4.69, 9.17) is 0 Å². The van der Waals surface area contributed by atoms with Crippen LogP contribution in [0.3, 0.4) is 0 Å². The lowest BCUT2D eigenvalue weighted by Crippen LogP contribution is -2.38. The van der Waals surface area contributed by atoms with Gasteiger partial charge >= 0.3 is 0 Å². The number of anilines is 1. The molecule has 3 saturated carbocycles. The van der Waals surface area contributed by atoms with Crippen molar-refractivity contribution in [3.8, 4) is 0 Å². The third kappa shape index (κ3) is 2.21. The average molecular weight is 339 g/mol. The van der Waals surface area contributed by atoms with Crippen LogP contribution in [0.4, 0.5) is 5.82 Å². The van der Waals surface area contributed by atoms with Crippen molar-refractivity contribution in [2.45, 2.75) is 25.7 Å². The maximum absolute atomic E-state index is 12.8. The van der Waals surface area contributed by atoms with Gasteiger partial charge in [0.15, 0.2) is 5.01 Å². The lowest BCUT2D eigenvalue weighted by atomic mass is 9.60. The smallest absolute Gasteiger partial charge is 0.225 e. The van der Waals surface area contributed by atoms with E-state index < -0.39 is 0 Å². The molecular weight excluding hydrogens is 318 g/mol. The second-order valence-corrected chi connectivity index (χ2v) is 8.34. The molecule has 0 spiro atoms. The first-order valence-corrected chi connectivity index (χ1v) is 9.83. The highest BCUT2D eigenvalue weighted by molar-refractivity contribution is 7.11. The van der Waals surface area contributed by atoms with Crippen molar-refractivity contribution in [1.82, 2.24) is 9.97 Å². The molecule has 2 bridgehead atoms. The van der Waals surface area contributed by atoms with Crippen molar-refractivity contribution < 1.29 is 4.79 Å². The fraction of sp³-hybridized carbons (Fsp3) is 0.526. The summed E-state index contributed by atoms with van der Waals surface area (Å²) in [6, 6.07) is 3.76. The molecule has 5 heteroatoms. The van der Waals surface area contributed by atoms with Crippen LogP contribution >= 0.6 is 11.3 Å². The summed E-state index contributed by atoms with van der Waals surface area (Å²) in [5.74, 6) is 4.28. The van der Waals surface area contributed by atoms with Crippen LogP contribution in [0.5, 0.6) is 0 Å². The predicted octanol–water partition coefficient (Wildman–Crippen LogP) is 3.64. The van der Waals surface area contributed by atoms with Gasteiger partial charge in [0.25, 0.3) is 0 Å². The van der Waals surface area contributed by atoms with E-state index in [1.165, 1.54) is 37.0 Å². The first-order valence-electron chi connectivity index (χ1n) is 8.95. The summed E-state index contributed by atoms with van der Waals surface area (Å²) in [5, 5.41) is 2.41. The molecule has 3 aliphatic carbocycles. The molecule has 2 aromatic rings. The normalized spacial score (nSPS) is 31.2. The number of aromatic nitrogens is 2. The third-order valence-electron chi connectivity index (χ3n) is 6.40. The van der Waals surface area contributed by atoms with Gasteiger partial charge in [-0.15, -0.1) is 11.3 Å². The Kier molecular flexibility index (Phi) is 3.44. The van der Waals surface area contributed by atoms with Crippen molar-refractivity contribution in [3.63, 3.8) is 0 Å². The van der Waals surface area contributed by atoms with Gasteiger partial charge in [-0.2, -0.15) is 0 Å². The van der Waals surface area contributed by atoms with E-state index in [0.717, 1.165) is 42.6 Å². The van der Waals surface area contributed by atoms with Crippen LogP contribution in [0.1, 0.15) is 41.0 Å². The molecule has 3 heterocycles. The van der Waals surface area contributed by atoms with Crippen LogP contribution in [0, 0.1) is 23.7 Å². The molecule has 0 amide bonds. The van der Waals surface area contributed by atoms with Crippen LogP contribution in [0.15, 0.2) is 29.9 Å². The lowest BCUT2D eigenvalue weighted by Gasteiger charge is -2.44. The molecule has 4 nitrogen and oxygen atoms in total. The van der Waals surface area contributed by atoms with Crippen molar-refractivity contribution in [2.24, 2.45) is 23.7 Å². The van der Waals surface area contributed by atoms with Crippen LogP contribution < -0.4 is 4.90 Å². The zero-order valence-electron chi connectivity index (χ0n) is 13.6. The van der Waals surface area contributed by atoms with Gasteiger partial charge in [-0.25, -0.2) is 9.97 Å². The molecule has 6 rings (SSSR count). The zero-order valence-corrected chi connectivity index (χ0v) is 14.4. The van der Waals surface area contributed by atoms with Crippen LogP contribution in [-0.2, 0) is 0 Å². The van der Waals surface area contributed by atoms with Crippen molar-refractivity contribution in [3.05, 3.63) is 40.5 Å². The van der Waals surface area contributed by atoms with Crippen molar-refractivity contribution in [1.29, 1.82) is 0 Å². The lowest BCUT2D eigenvalue weighted by molar-refractivity contribution is 0.0577. The van der Waals surface area contributed by atoms with E-state index in [0.29, 0.717) is 10.6 Å². The van der Waals surface area contributed by atoms with Gasteiger partial charge in [0.1, 0.15) is 5.82 Å². The number of carbonyl (C=O) groups excluding carboxylic acids is 1. The van der Waals surface area contributed by atoms with E-state index in [9.17, 15) is 4.79 Å². The molecule has 124 valence electrons. The molecule has 2 aromatic heterocycles. The minimum atomic E-state index is 0.00550. The molecular formula is C19H21N3OS. The van der Waals surface area contributed by atoms with Gasteiger partial charge in [-0.1, -0.05) is 0 Å². The SMILES string of the molecule is O=C(c1nccs1)c1cccnc1N1C[C@@H]2C3CCC(CC3)[C@@H]2C1. The molecule has 1 aliphatic heterocycles. The Bertz CT molecular complexity index is 732. The topological polar surface area (TPSA) is 46.1 Å². The molecule has 0 radical (unpaired) electrons. The number of carbonyl (C=O) groups is 1. The summed E-state index contributed by atoms with van der Waals surface area (Å²) in [5.41, 5.74) is 0.707. The molecule has 2 atom stereocenters. The number of nitrogens with zero attached hydrogens (tertiary/aromatic N) is 3. The molecule has 0 unspecified atom stereocenters.